The highest BCUT2D eigenvalue weighted by Crippen LogP contribution is 2.31. The second-order valence-corrected chi connectivity index (χ2v) is 9.76. The molecule has 3 rings (SSSR count). The fourth-order valence-corrected chi connectivity index (χ4v) is 5.89. The Morgan fingerprint density at radius 3 is 2.41 bits per heavy atom. The van der Waals surface area contributed by atoms with Gasteiger partial charge in [-0.1, -0.05) is 6.07 Å². The number of carbonyl (C=O) groups is 2. The Bertz CT molecular complexity index is 878. The van der Waals surface area contributed by atoms with Gasteiger partial charge in [0.15, 0.2) is 0 Å². The molecular formula is C20H29N3O5S. The summed E-state index contributed by atoms with van der Waals surface area (Å²) in [6.45, 7) is 3.35. The number of carbonyl (C=O) groups excluding carboxylic acids is 2. The van der Waals surface area contributed by atoms with Crippen molar-refractivity contribution < 1.29 is 22.7 Å². The third-order valence-electron chi connectivity index (χ3n) is 5.88. The normalized spacial score (nSPS) is 21.7. The van der Waals surface area contributed by atoms with Crippen molar-refractivity contribution in [3.05, 3.63) is 23.8 Å². The lowest BCUT2D eigenvalue weighted by Gasteiger charge is -2.37. The highest BCUT2D eigenvalue weighted by Gasteiger charge is 2.37. The molecule has 2 aliphatic heterocycles. The second-order valence-electron chi connectivity index (χ2n) is 7.86. The summed E-state index contributed by atoms with van der Waals surface area (Å²) < 4.78 is 33.2. The minimum atomic E-state index is -3.77. The summed E-state index contributed by atoms with van der Waals surface area (Å²) in [6, 6.07) is 5.06. The molecule has 2 N–H and O–H groups in total. The maximum Gasteiger partial charge on any atom is 0.246 e. The minimum absolute atomic E-state index is 0.0379. The van der Waals surface area contributed by atoms with Crippen molar-refractivity contribution >= 4 is 21.8 Å². The SMILES string of the molecule is COc1ccc(C)cc1S(=O)(=O)N1CCC[C@@H](C(=O)N2CCC(C(N)=O)CC2)C1. The van der Waals surface area contributed by atoms with E-state index in [2.05, 4.69) is 0 Å². The maximum atomic E-state index is 13.3. The van der Waals surface area contributed by atoms with Crippen LogP contribution in [0.2, 0.25) is 0 Å². The number of methoxy groups -OCH3 is 1. The van der Waals surface area contributed by atoms with Gasteiger partial charge < -0.3 is 15.4 Å². The third kappa shape index (κ3) is 4.56. The molecule has 160 valence electrons. The number of nitrogens with zero attached hydrogens (tertiary/aromatic N) is 2. The standard InChI is InChI=1S/C20H29N3O5S/c1-14-5-6-17(28-2)18(12-14)29(26,27)23-9-3-4-16(13-23)20(25)22-10-7-15(8-11-22)19(21)24/h5-6,12,15-16H,3-4,7-11,13H2,1-2H3,(H2,21,24)/t16-/m1/s1. The van der Waals surface area contributed by atoms with Crippen LogP contribution in [0, 0.1) is 18.8 Å². The highest BCUT2D eigenvalue weighted by atomic mass is 32.2. The van der Waals surface area contributed by atoms with Crippen LogP contribution in [0.3, 0.4) is 0 Å². The van der Waals surface area contributed by atoms with E-state index in [-0.39, 0.29) is 35.1 Å². The Morgan fingerprint density at radius 1 is 1.10 bits per heavy atom. The first-order valence-corrected chi connectivity index (χ1v) is 11.4. The van der Waals surface area contributed by atoms with Gasteiger partial charge in [-0.2, -0.15) is 4.31 Å². The quantitative estimate of drug-likeness (QED) is 0.763. The topological polar surface area (TPSA) is 110 Å². The van der Waals surface area contributed by atoms with Crippen LogP contribution in [0.5, 0.6) is 5.75 Å². The Balaban J connectivity index is 1.73. The zero-order chi connectivity index (χ0) is 21.2. The Morgan fingerprint density at radius 2 is 1.79 bits per heavy atom. The molecule has 2 fully saturated rings. The van der Waals surface area contributed by atoms with Gasteiger partial charge in [-0.15, -0.1) is 0 Å². The summed E-state index contributed by atoms with van der Waals surface area (Å²) >= 11 is 0. The molecule has 0 radical (unpaired) electrons. The lowest BCUT2D eigenvalue weighted by Crippen LogP contribution is -2.49. The van der Waals surface area contributed by atoms with Gasteiger partial charge in [-0.25, -0.2) is 8.42 Å². The molecule has 29 heavy (non-hydrogen) atoms. The highest BCUT2D eigenvalue weighted by molar-refractivity contribution is 7.89. The Kier molecular flexibility index (Phi) is 6.48. The molecule has 9 heteroatoms. The molecule has 0 unspecified atom stereocenters. The zero-order valence-corrected chi connectivity index (χ0v) is 17.8. The third-order valence-corrected chi connectivity index (χ3v) is 7.77. The molecule has 0 saturated carbocycles. The molecular weight excluding hydrogens is 394 g/mol. The van der Waals surface area contributed by atoms with Crippen molar-refractivity contribution in [1.82, 2.24) is 9.21 Å². The van der Waals surface area contributed by atoms with Crippen LogP contribution < -0.4 is 10.5 Å². The number of hydrogen-bond acceptors (Lipinski definition) is 5. The number of ether oxygens (including phenoxy) is 1. The zero-order valence-electron chi connectivity index (χ0n) is 17.0. The molecule has 0 bridgehead atoms. The Labute approximate surface area is 172 Å². The van der Waals surface area contributed by atoms with Crippen molar-refractivity contribution in [1.29, 1.82) is 0 Å². The van der Waals surface area contributed by atoms with Crippen LogP contribution in [0.4, 0.5) is 0 Å². The lowest BCUT2D eigenvalue weighted by atomic mass is 9.93. The molecule has 2 saturated heterocycles. The number of primary amides is 1. The van der Waals surface area contributed by atoms with Gasteiger partial charge >= 0.3 is 0 Å². The number of benzene rings is 1. The number of rotatable bonds is 5. The van der Waals surface area contributed by atoms with E-state index in [1.165, 1.54) is 11.4 Å². The summed E-state index contributed by atoms with van der Waals surface area (Å²) in [5, 5.41) is 0. The van der Waals surface area contributed by atoms with E-state index in [1.54, 1.807) is 23.1 Å². The molecule has 1 atom stereocenters. The summed E-state index contributed by atoms with van der Waals surface area (Å²) in [4.78, 5) is 26.2. The van der Waals surface area contributed by atoms with E-state index in [1.807, 2.05) is 6.92 Å². The molecule has 0 spiro atoms. The molecule has 1 aromatic rings. The fourth-order valence-electron chi connectivity index (χ4n) is 4.13. The number of piperidine rings is 2. The first-order chi connectivity index (χ1) is 13.7. The largest absolute Gasteiger partial charge is 0.495 e. The number of amides is 2. The van der Waals surface area contributed by atoms with E-state index in [0.717, 1.165) is 5.56 Å². The smallest absolute Gasteiger partial charge is 0.246 e. The average Bonchev–Trinajstić information content (AvgIpc) is 2.73. The van der Waals surface area contributed by atoms with Gasteiger partial charge in [0.1, 0.15) is 10.6 Å². The van der Waals surface area contributed by atoms with Crippen LogP contribution in [0.15, 0.2) is 23.1 Å². The Hall–Kier alpha value is -2.13. The average molecular weight is 424 g/mol. The second kappa shape index (κ2) is 8.71. The van der Waals surface area contributed by atoms with Gasteiger partial charge in [-0.3, -0.25) is 9.59 Å². The number of sulfonamides is 1. The molecule has 0 aliphatic carbocycles. The first-order valence-electron chi connectivity index (χ1n) is 9.97. The van der Waals surface area contributed by atoms with E-state index in [4.69, 9.17) is 10.5 Å². The summed E-state index contributed by atoms with van der Waals surface area (Å²) in [6.07, 6.45) is 2.42. The van der Waals surface area contributed by atoms with Crippen molar-refractivity contribution in [3.63, 3.8) is 0 Å². The summed E-state index contributed by atoms with van der Waals surface area (Å²) in [5.41, 5.74) is 6.19. The molecule has 2 aliphatic rings. The van der Waals surface area contributed by atoms with Crippen LogP contribution >= 0.6 is 0 Å². The van der Waals surface area contributed by atoms with E-state index in [9.17, 15) is 18.0 Å². The van der Waals surface area contributed by atoms with Crippen molar-refractivity contribution in [2.75, 3.05) is 33.3 Å². The van der Waals surface area contributed by atoms with Gasteiger partial charge in [0, 0.05) is 32.1 Å². The predicted molar refractivity (Wildman–Crippen MR) is 108 cm³/mol. The van der Waals surface area contributed by atoms with E-state index in [0.29, 0.717) is 51.1 Å². The number of likely N-dealkylation sites (tertiary alicyclic amines) is 1. The van der Waals surface area contributed by atoms with Gasteiger partial charge in [-0.05, 0) is 50.3 Å². The minimum Gasteiger partial charge on any atom is -0.495 e. The fraction of sp³-hybridized carbons (Fsp3) is 0.600. The van der Waals surface area contributed by atoms with Crippen LogP contribution in [0.1, 0.15) is 31.2 Å². The van der Waals surface area contributed by atoms with Gasteiger partial charge in [0.05, 0.1) is 13.0 Å². The molecule has 2 amide bonds. The van der Waals surface area contributed by atoms with E-state index >= 15 is 0 Å². The predicted octanol–water partition coefficient (Wildman–Crippen LogP) is 1.13. The molecule has 8 nitrogen and oxygen atoms in total. The van der Waals surface area contributed by atoms with Crippen LogP contribution in [-0.4, -0.2) is 62.7 Å². The maximum absolute atomic E-state index is 13.3. The molecule has 2 heterocycles. The number of hydrogen-bond donors (Lipinski definition) is 1. The van der Waals surface area contributed by atoms with Crippen molar-refractivity contribution in [2.45, 2.75) is 37.5 Å². The van der Waals surface area contributed by atoms with Crippen LogP contribution in [0.25, 0.3) is 0 Å². The summed E-state index contributed by atoms with van der Waals surface area (Å²) in [7, 11) is -2.32. The summed E-state index contributed by atoms with van der Waals surface area (Å²) in [5.74, 6) is -0.615. The van der Waals surface area contributed by atoms with Gasteiger partial charge in [0.25, 0.3) is 0 Å². The first kappa shape index (κ1) is 21.6. The van der Waals surface area contributed by atoms with Crippen molar-refractivity contribution in [3.8, 4) is 5.75 Å². The molecule has 1 aromatic carbocycles. The molecule has 0 aromatic heterocycles. The lowest BCUT2D eigenvalue weighted by molar-refractivity contribution is -0.139. The monoisotopic (exact) mass is 423 g/mol. The van der Waals surface area contributed by atoms with Gasteiger partial charge in [0.2, 0.25) is 21.8 Å². The van der Waals surface area contributed by atoms with Crippen molar-refractivity contribution in [2.24, 2.45) is 17.6 Å². The number of aryl methyl sites for hydroxylation is 1. The number of nitrogens with two attached hydrogens (primary N) is 1. The van der Waals surface area contributed by atoms with E-state index < -0.39 is 10.0 Å². The van der Waals surface area contributed by atoms with Crippen LogP contribution in [-0.2, 0) is 19.6 Å².